The summed E-state index contributed by atoms with van der Waals surface area (Å²) in [5.41, 5.74) is 0. The minimum atomic E-state index is -1.00. The molecule has 1 fully saturated rings. The molecule has 0 aromatic heterocycles. The van der Waals surface area contributed by atoms with Crippen molar-refractivity contribution in [2.75, 3.05) is 7.11 Å². The highest BCUT2D eigenvalue weighted by Crippen LogP contribution is 2.11. The van der Waals surface area contributed by atoms with Crippen molar-refractivity contribution in [3.63, 3.8) is 0 Å². The lowest BCUT2D eigenvalue weighted by atomic mass is 10.0. The van der Waals surface area contributed by atoms with Crippen LogP contribution in [0, 0.1) is 11.8 Å². The summed E-state index contributed by atoms with van der Waals surface area (Å²) < 4.78 is 4.97. The highest BCUT2D eigenvalue weighted by Gasteiger charge is 2.36. The van der Waals surface area contributed by atoms with E-state index in [4.69, 9.17) is 14.9 Å². The summed E-state index contributed by atoms with van der Waals surface area (Å²) in [5, 5.41) is 25.2. The summed E-state index contributed by atoms with van der Waals surface area (Å²) in [5.74, 6) is -2.68. The summed E-state index contributed by atoms with van der Waals surface area (Å²) in [6, 6.07) is -2.26. The van der Waals surface area contributed by atoms with E-state index < -0.39 is 36.2 Å². The van der Waals surface area contributed by atoms with Crippen molar-refractivity contribution in [1.29, 1.82) is 0 Å². The van der Waals surface area contributed by atoms with Gasteiger partial charge in [-0.1, -0.05) is 40.5 Å². The minimum Gasteiger partial charge on any atom is -0.481 e. The maximum Gasteiger partial charge on any atom is 0.326 e. The molecule has 0 aromatic rings. The van der Waals surface area contributed by atoms with Crippen LogP contribution in [0.25, 0.3) is 0 Å². The van der Waals surface area contributed by atoms with Gasteiger partial charge in [-0.3, -0.25) is 19.2 Å². The van der Waals surface area contributed by atoms with E-state index in [-0.39, 0.29) is 42.4 Å². The van der Waals surface area contributed by atoms with Gasteiger partial charge in [0.1, 0.15) is 18.1 Å². The number of carboxylic acids is 2. The SMILES string of the molecule is CCCCC(C)C(=O)NC(CC(C)C)C(=O)O.COC(C)C1NC(=O)C(CCC(=O)O)NC1=O. The third kappa shape index (κ3) is 12.0. The minimum absolute atomic E-state index is 0.0843. The topological polar surface area (TPSA) is 171 Å². The summed E-state index contributed by atoms with van der Waals surface area (Å²) in [7, 11) is 1.45. The van der Waals surface area contributed by atoms with Gasteiger partial charge in [-0.25, -0.2) is 4.79 Å². The Bertz CT molecular complexity index is 698. The third-order valence-electron chi connectivity index (χ3n) is 5.46. The Morgan fingerprint density at radius 1 is 1.06 bits per heavy atom. The standard InChI is InChI=1S/C13H25NO3.C10H16N2O5/c1-5-6-7-10(4)12(15)14-11(13(16)17)8-9(2)3;1-5(17-2)8-10(16)11-6(9(15)12-8)3-4-7(13)14/h9-11H,5-8H2,1-4H3,(H,14,15)(H,16,17);5-6,8H,3-4H2,1-2H3,(H,11,16)(H,12,15)(H,13,14). The molecule has 1 aliphatic heterocycles. The van der Waals surface area contributed by atoms with Gasteiger partial charge < -0.3 is 30.9 Å². The van der Waals surface area contributed by atoms with E-state index in [1.807, 2.05) is 20.8 Å². The third-order valence-corrected chi connectivity index (χ3v) is 5.46. The highest BCUT2D eigenvalue weighted by molar-refractivity contribution is 5.97. The number of hydrogen-bond donors (Lipinski definition) is 5. The molecule has 11 heteroatoms. The molecule has 0 saturated carbocycles. The number of carbonyl (C=O) groups is 5. The fourth-order valence-electron chi connectivity index (χ4n) is 3.23. The molecule has 196 valence electrons. The van der Waals surface area contributed by atoms with Crippen molar-refractivity contribution in [3.05, 3.63) is 0 Å². The fourth-order valence-corrected chi connectivity index (χ4v) is 3.23. The second kappa shape index (κ2) is 16.0. The molecule has 5 unspecified atom stereocenters. The molecule has 1 aliphatic rings. The van der Waals surface area contributed by atoms with E-state index in [0.29, 0.717) is 6.42 Å². The smallest absolute Gasteiger partial charge is 0.326 e. The van der Waals surface area contributed by atoms with E-state index in [0.717, 1.165) is 19.3 Å². The Balaban J connectivity index is 0.000000641. The maximum absolute atomic E-state index is 11.8. The van der Waals surface area contributed by atoms with Crippen LogP contribution >= 0.6 is 0 Å². The molecule has 11 nitrogen and oxygen atoms in total. The van der Waals surface area contributed by atoms with Crippen LogP contribution in [0.15, 0.2) is 0 Å². The van der Waals surface area contributed by atoms with Gasteiger partial charge in [0.05, 0.1) is 6.10 Å². The zero-order valence-corrected chi connectivity index (χ0v) is 21.1. The number of hydrogen-bond acceptors (Lipinski definition) is 6. The van der Waals surface area contributed by atoms with Gasteiger partial charge >= 0.3 is 11.9 Å². The Morgan fingerprint density at radius 3 is 2.15 bits per heavy atom. The van der Waals surface area contributed by atoms with Gasteiger partial charge in [-0.2, -0.15) is 0 Å². The van der Waals surface area contributed by atoms with Crippen molar-refractivity contribution >= 4 is 29.7 Å². The van der Waals surface area contributed by atoms with Crippen LogP contribution in [0.2, 0.25) is 0 Å². The molecule has 1 heterocycles. The number of nitrogens with one attached hydrogen (secondary N) is 3. The number of amides is 3. The first kappa shape index (κ1) is 31.3. The predicted molar refractivity (Wildman–Crippen MR) is 125 cm³/mol. The first-order valence-electron chi connectivity index (χ1n) is 11.7. The van der Waals surface area contributed by atoms with Crippen LogP contribution < -0.4 is 16.0 Å². The van der Waals surface area contributed by atoms with E-state index >= 15 is 0 Å². The second-order valence-electron chi connectivity index (χ2n) is 8.99. The number of unbranched alkanes of at least 4 members (excludes halogenated alkanes) is 1. The summed E-state index contributed by atoms with van der Waals surface area (Å²) in [6.45, 7) is 9.48. The van der Waals surface area contributed by atoms with Crippen LogP contribution in [-0.2, 0) is 28.7 Å². The van der Waals surface area contributed by atoms with Gasteiger partial charge in [0.2, 0.25) is 17.7 Å². The molecule has 0 spiro atoms. The highest BCUT2D eigenvalue weighted by atomic mass is 16.5. The Labute approximate surface area is 201 Å². The Morgan fingerprint density at radius 2 is 1.68 bits per heavy atom. The Kier molecular flexibility index (Phi) is 14.8. The van der Waals surface area contributed by atoms with E-state index in [1.54, 1.807) is 6.92 Å². The largest absolute Gasteiger partial charge is 0.481 e. The van der Waals surface area contributed by atoms with Crippen molar-refractivity contribution in [1.82, 2.24) is 16.0 Å². The van der Waals surface area contributed by atoms with E-state index in [1.165, 1.54) is 7.11 Å². The number of aliphatic carboxylic acids is 2. The predicted octanol–water partition coefficient (Wildman–Crippen LogP) is 1.30. The molecule has 0 aromatic carbocycles. The second-order valence-corrected chi connectivity index (χ2v) is 8.99. The van der Waals surface area contributed by atoms with Gasteiger partial charge in [-0.05, 0) is 32.1 Å². The lowest BCUT2D eigenvalue weighted by Gasteiger charge is -2.31. The van der Waals surface area contributed by atoms with Crippen LogP contribution in [0.1, 0.15) is 73.1 Å². The molecule has 34 heavy (non-hydrogen) atoms. The summed E-state index contributed by atoms with van der Waals surface area (Å²) >= 11 is 0. The average Bonchev–Trinajstić information content (AvgIpc) is 2.76. The quantitative estimate of drug-likeness (QED) is 0.259. The number of rotatable bonds is 13. The molecule has 1 rings (SSSR count). The van der Waals surface area contributed by atoms with Crippen molar-refractivity contribution in [2.24, 2.45) is 11.8 Å². The number of methoxy groups -OCH3 is 1. The van der Waals surface area contributed by atoms with E-state index in [2.05, 4.69) is 22.9 Å². The van der Waals surface area contributed by atoms with Crippen molar-refractivity contribution in [3.8, 4) is 0 Å². The van der Waals surface area contributed by atoms with Gasteiger partial charge in [0.25, 0.3) is 0 Å². The zero-order chi connectivity index (χ0) is 26.4. The van der Waals surface area contributed by atoms with Gasteiger partial charge in [0.15, 0.2) is 0 Å². The average molecular weight is 488 g/mol. The van der Waals surface area contributed by atoms with E-state index in [9.17, 15) is 24.0 Å². The lowest BCUT2D eigenvalue weighted by molar-refractivity contribution is -0.143. The Hall–Kier alpha value is -2.69. The molecule has 0 radical (unpaired) electrons. The van der Waals surface area contributed by atoms with Crippen LogP contribution in [0.4, 0.5) is 0 Å². The van der Waals surface area contributed by atoms with Gasteiger partial charge in [-0.15, -0.1) is 0 Å². The molecule has 3 amide bonds. The zero-order valence-electron chi connectivity index (χ0n) is 21.1. The van der Waals surface area contributed by atoms with Crippen LogP contribution in [-0.4, -0.2) is 71.2 Å². The lowest BCUT2D eigenvalue weighted by Crippen LogP contribution is -2.64. The van der Waals surface area contributed by atoms with Gasteiger partial charge in [0, 0.05) is 19.4 Å². The fraction of sp³-hybridized carbons (Fsp3) is 0.783. The molecule has 5 atom stereocenters. The first-order valence-corrected chi connectivity index (χ1v) is 11.7. The van der Waals surface area contributed by atoms with Crippen LogP contribution in [0.5, 0.6) is 0 Å². The first-order chi connectivity index (χ1) is 15.8. The summed E-state index contributed by atoms with van der Waals surface area (Å²) in [4.78, 5) is 56.4. The molecular weight excluding hydrogens is 446 g/mol. The number of piperazine rings is 1. The van der Waals surface area contributed by atoms with Crippen molar-refractivity contribution in [2.45, 2.75) is 97.4 Å². The normalized spacial score (nSPS) is 20.2. The summed E-state index contributed by atoms with van der Waals surface area (Å²) in [6.07, 6.45) is 2.82. The number of carboxylic acid groups (broad SMARTS) is 2. The molecular formula is C23H41N3O8. The molecule has 0 aliphatic carbocycles. The molecule has 1 saturated heterocycles. The maximum atomic E-state index is 11.8. The number of carbonyl (C=O) groups excluding carboxylic acids is 3. The van der Waals surface area contributed by atoms with Crippen LogP contribution in [0.3, 0.4) is 0 Å². The molecule has 0 bridgehead atoms. The van der Waals surface area contributed by atoms with Crippen molar-refractivity contribution < 1.29 is 38.9 Å². The molecule has 5 N–H and O–H groups in total. The monoisotopic (exact) mass is 487 g/mol. The number of ether oxygens (including phenoxy) is 1.